The molecular weight excluding hydrogens is 396 g/mol. The van der Waals surface area contributed by atoms with Gasteiger partial charge >= 0.3 is 6.03 Å². The van der Waals surface area contributed by atoms with Crippen molar-refractivity contribution in [2.75, 3.05) is 23.3 Å². The van der Waals surface area contributed by atoms with Crippen LogP contribution in [0.1, 0.15) is 30.9 Å². The highest BCUT2D eigenvalue weighted by molar-refractivity contribution is 6.10. The van der Waals surface area contributed by atoms with Crippen molar-refractivity contribution in [2.24, 2.45) is 0 Å². The molecule has 1 unspecified atom stereocenters. The standard InChI is InChI=1S/C23H24N4O4/c1-15-8-10-16(11-9-15)23(2)21(30)27(22(31)25-23)14-19(28)24-17-5-3-6-18(13-17)26-12-4-7-20(26)29/h3,5-6,8-11,13H,4,7,12,14H2,1-2H3,(H,24,28)(H,25,31). The molecule has 2 fully saturated rings. The van der Waals surface area contributed by atoms with Gasteiger partial charge in [0, 0.05) is 24.3 Å². The van der Waals surface area contributed by atoms with E-state index in [1.54, 1.807) is 42.2 Å². The number of nitrogens with one attached hydrogen (secondary N) is 2. The van der Waals surface area contributed by atoms with Crippen LogP contribution in [0.2, 0.25) is 0 Å². The summed E-state index contributed by atoms with van der Waals surface area (Å²) in [4.78, 5) is 52.6. The molecule has 2 aliphatic heterocycles. The Hall–Kier alpha value is -3.68. The van der Waals surface area contributed by atoms with Crippen LogP contribution in [-0.4, -0.2) is 41.7 Å². The van der Waals surface area contributed by atoms with E-state index < -0.39 is 29.9 Å². The zero-order valence-corrected chi connectivity index (χ0v) is 17.5. The van der Waals surface area contributed by atoms with E-state index >= 15 is 0 Å². The smallest absolute Gasteiger partial charge is 0.324 e. The number of urea groups is 1. The van der Waals surface area contributed by atoms with E-state index in [1.165, 1.54) is 0 Å². The summed E-state index contributed by atoms with van der Waals surface area (Å²) < 4.78 is 0. The van der Waals surface area contributed by atoms with Gasteiger partial charge in [-0.3, -0.25) is 19.3 Å². The highest BCUT2D eigenvalue weighted by Gasteiger charge is 2.49. The summed E-state index contributed by atoms with van der Waals surface area (Å²) in [6.45, 7) is 3.81. The molecule has 160 valence electrons. The minimum Gasteiger partial charge on any atom is -0.324 e. The Kier molecular flexibility index (Phi) is 5.22. The predicted molar refractivity (Wildman–Crippen MR) is 115 cm³/mol. The van der Waals surface area contributed by atoms with Gasteiger partial charge in [0.05, 0.1) is 0 Å². The summed E-state index contributed by atoms with van der Waals surface area (Å²) in [6.07, 6.45) is 1.32. The number of hydrogen-bond acceptors (Lipinski definition) is 4. The van der Waals surface area contributed by atoms with E-state index in [2.05, 4.69) is 10.6 Å². The average Bonchev–Trinajstić information content (AvgIpc) is 3.25. The first-order valence-electron chi connectivity index (χ1n) is 10.2. The molecule has 2 aromatic carbocycles. The highest BCUT2D eigenvalue weighted by Crippen LogP contribution is 2.29. The van der Waals surface area contributed by atoms with Crippen LogP contribution in [0, 0.1) is 6.92 Å². The molecule has 2 aromatic rings. The minimum atomic E-state index is -1.22. The summed E-state index contributed by atoms with van der Waals surface area (Å²) >= 11 is 0. The molecule has 0 spiro atoms. The number of imide groups is 1. The Morgan fingerprint density at radius 1 is 1.13 bits per heavy atom. The van der Waals surface area contributed by atoms with Gasteiger partial charge < -0.3 is 15.5 Å². The van der Waals surface area contributed by atoms with E-state index in [4.69, 9.17) is 0 Å². The fraction of sp³-hybridized carbons (Fsp3) is 0.304. The van der Waals surface area contributed by atoms with Crippen LogP contribution in [0.4, 0.5) is 16.2 Å². The quantitative estimate of drug-likeness (QED) is 0.726. The van der Waals surface area contributed by atoms with E-state index in [0.717, 1.165) is 16.9 Å². The van der Waals surface area contributed by atoms with Gasteiger partial charge in [0.2, 0.25) is 11.8 Å². The topological polar surface area (TPSA) is 98.8 Å². The number of anilines is 2. The number of carbonyl (C=O) groups is 4. The van der Waals surface area contributed by atoms with Gasteiger partial charge in [0.15, 0.2) is 0 Å². The number of hydrogen-bond donors (Lipinski definition) is 2. The molecule has 2 aliphatic rings. The highest BCUT2D eigenvalue weighted by atomic mass is 16.2. The molecule has 2 saturated heterocycles. The largest absolute Gasteiger partial charge is 0.325 e. The predicted octanol–water partition coefficient (Wildman–Crippen LogP) is 2.53. The lowest BCUT2D eigenvalue weighted by Crippen LogP contribution is -2.42. The van der Waals surface area contributed by atoms with Crippen LogP contribution >= 0.6 is 0 Å². The molecular formula is C23H24N4O4. The maximum atomic E-state index is 13.0. The SMILES string of the molecule is Cc1ccc(C2(C)NC(=O)N(CC(=O)Nc3cccc(N4CCCC4=O)c3)C2=O)cc1. The Bertz CT molecular complexity index is 1070. The third kappa shape index (κ3) is 3.88. The summed E-state index contributed by atoms with van der Waals surface area (Å²) in [5.41, 5.74) is 1.68. The first-order valence-corrected chi connectivity index (χ1v) is 10.2. The summed E-state index contributed by atoms with van der Waals surface area (Å²) in [7, 11) is 0. The van der Waals surface area contributed by atoms with E-state index in [9.17, 15) is 19.2 Å². The van der Waals surface area contributed by atoms with Crippen molar-refractivity contribution in [2.45, 2.75) is 32.2 Å². The van der Waals surface area contributed by atoms with E-state index in [0.29, 0.717) is 29.9 Å². The second-order valence-corrected chi connectivity index (χ2v) is 8.06. The number of aryl methyl sites for hydroxylation is 1. The average molecular weight is 420 g/mol. The third-order valence-corrected chi connectivity index (χ3v) is 5.72. The van der Waals surface area contributed by atoms with Crippen LogP contribution in [0.5, 0.6) is 0 Å². The number of carbonyl (C=O) groups excluding carboxylic acids is 4. The first-order chi connectivity index (χ1) is 14.8. The fourth-order valence-electron chi connectivity index (χ4n) is 3.94. The van der Waals surface area contributed by atoms with Gasteiger partial charge in [0.1, 0.15) is 12.1 Å². The van der Waals surface area contributed by atoms with Crippen molar-refractivity contribution in [3.8, 4) is 0 Å². The van der Waals surface area contributed by atoms with Gasteiger partial charge in [-0.1, -0.05) is 35.9 Å². The van der Waals surface area contributed by atoms with Gasteiger partial charge in [-0.2, -0.15) is 0 Å². The molecule has 0 aromatic heterocycles. The second kappa shape index (κ2) is 7.86. The van der Waals surface area contributed by atoms with Crippen molar-refractivity contribution in [3.05, 3.63) is 59.7 Å². The van der Waals surface area contributed by atoms with Gasteiger partial charge in [-0.15, -0.1) is 0 Å². The minimum absolute atomic E-state index is 0.0539. The lowest BCUT2D eigenvalue weighted by atomic mass is 9.91. The molecule has 2 N–H and O–H groups in total. The van der Waals surface area contributed by atoms with Crippen molar-refractivity contribution in [3.63, 3.8) is 0 Å². The monoisotopic (exact) mass is 420 g/mol. The van der Waals surface area contributed by atoms with Crippen molar-refractivity contribution in [1.29, 1.82) is 0 Å². The summed E-state index contributed by atoms with van der Waals surface area (Å²) in [5, 5.41) is 5.41. The Morgan fingerprint density at radius 2 is 1.87 bits per heavy atom. The summed E-state index contributed by atoms with van der Waals surface area (Å²) in [5.74, 6) is -0.923. The number of nitrogens with zero attached hydrogens (tertiary/aromatic N) is 2. The molecule has 8 heteroatoms. The molecule has 5 amide bonds. The fourth-order valence-corrected chi connectivity index (χ4v) is 3.94. The van der Waals surface area contributed by atoms with Crippen LogP contribution < -0.4 is 15.5 Å². The van der Waals surface area contributed by atoms with Gasteiger partial charge in [-0.25, -0.2) is 4.79 Å². The Morgan fingerprint density at radius 3 is 2.55 bits per heavy atom. The molecule has 1 atom stereocenters. The molecule has 2 heterocycles. The van der Waals surface area contributed by atoms with Crippen LogP contribution in [0.3, 0.4) is 0 Å². The zero-order valence-electron chi connectivity index (χ0n) is 17.5. The maximum Gasteiger partial charge on any atom is 0.325 e. The number of benzene rings is 2. The number of amides is 5. The van der Waals surface area contributed by atoms with Crippen LogP contribution in [0.25, 0.3) is 0 Å². The second-order valence-electron chi connectivity index (χ2n) is 8.06. The summed E-state index contributed by atoms with van der Waals surface area (Å²) in [6, 6.07) is 13.7. The molecule has 0 bridgehead atoms. The molecule has 0 aliphatic carbocycles. The third-order valence-electron chi connectivity index (χ3n) is 5.72. The lowest BCUT2D eigenvalue weighted by molar-refractivity contribution is -0.133. The molecule has 31 heavy (non-hydrogen) atoms. The molecule has 0 radical (unpaired) electrons. The van der Waals surface area contributed by atoms with E-state index in [-0.39, 0.29) is 5.91 Å². The first kappa shape index (κ1) is 20.6. The molecule has 4 rings (SSSR count). The van der Waals surface area contributed by atoms with Crippen molar-refractivity contribution in [1.82, 2.24) is 10.2 Å². The van der Waals surface area contributed by atoms with Crippen LogP contribution in [0.15, 0.2) is 48.5 Å². The Labute approximate surface area is 180 Å². The van der Waals surface area contributed by atoms with Crippen LogP contribution in [-0.2, 0) is 19.9 Å². The van der Waals surface area contributed by atoms with Gasteiger partial charge in [0.25, 0.3) is 5.91 Å². The Balaban J connectivity index is 1.45. The number of rotatable bonds is 5. The normalized spacial score (nSPS) is 20.9. The molecule has 0 saturated carbocycles. The van der Waals surface area contributed by atoms with Gasteiger partial charge in [-0.05, 0) is 44.0 Å². The maximum absolute atomic E-state index is 13.0. The van der Waals surface area contributed by atoms with E-state index in [1.807, 2.05) is 25.1 Å². The lowest BCUT2D eigenvalue weighted by Gasteiger charge is -2.22. The zero-order chi connectivity index (χ0) is 22.2. The molecule has 8 nitrogen and oxygen atoms in total. The van der Waals surface area contributed by atoms with Crippen molar-refractivity contribution >= 4 is 35.1 Å². The van der Waals surface area contributed by atoms with Crippen molar-refractivity contribution < 1.29 is 19.2 Å².